The Kier molecular flexibility index (Phi) is 9.41. The summed E-state index contributed by atoms with van der Waals surface area (Å²) in [6.07, 6.45) is 0. The van der Waals surface area contributed by atoms with Crippen molar-refractivity contribution in [2.75, 3.05) is 0 Å². The minimum Gasteiger partial charge on any atom is -0.219 e. The van der Waals surface area contributed by atoms with E-state index in [1.54, 1.807) is 0 Å². The zero-order valence-electron chi connectivity index (χ0n) is 20.0. The maximum atomic E-state index is 3.41. The van der Waals surface area contributed by atoms with E-state index in [1.165, 1.54) is 0 Å². The van der Waals surface area contributed by atoms with E-state index >= 15 is 0 Å². The smallest absolute Gasteiger partial charge is 0 e. The van der Waals surface area contributed by atoms with Gasteiger partial charge in [-0.3, -0.25) is 0 Å². The van der Waals surface area contributed by atoms with Crippen LogP contribution in [0.15, 0.2) is 133 Å². The van der Waals surface area contributed by atoms with E-state index in [0.717, 1.165) is 44.5 Å². The van der Waals surface area contributed by atoms with Crippen LogP contribution >= 0.6 is 0 Å². The molecule has 0 atom stereocenters. The van der Waals surface area contributed by atoms with Crippen molar-refractivity contribution in [1.29, 1.82) is 0 Å². The van der Waals surface area contributed by atoms with Crippen molar-refractivity contribution >= 4 is 0 Å². The molecule has 0 fully saturated rings. The summed E-state index contributed by atoms with van der Waals surface area (Å²) in [4.78, 5) is 0. The van der Waals surface area contributed by atoms with Crippen molar-refractivity contribution < 1.29 is 21.1 Å². The molecule has 0 saturated carbocycles. The minimum atomic E-state index is 0. The summed E-state index contributed by atoms with van der Waals surface area (Å²) in [5, 5.41) is 0. The molecular weight excluding hydrogens is 627 g/mol. The molecule has 37 heavy (non-hydrogen) atoms. The van der Waals surface area contributed by atoms with Crippen LogP contribution in [0.1, 0.15) is 0 Å². The van der Waals surface area contributed by atoms with Gasteiger partial charge in [-0.2, -0.15) is 121 Å². The molecule has 0 bridgehead atoms. The minimum absolute atomic E-state index is 0. The molecule has 1 heteroatoms. The van der Waals surface area contributed by atoms with E-state index in [1.807, 2.05) is 109 Å². The van der Waals surface area contributed by atoms with Gasteiger partial charge < -0.3 is 0 Å². The van der Waals surface area contributed by atoms with Crippen molar-refractivity contribution in [3.05, 3.63) is 170 Å². The topological polar surface area (TPSA) is 0 Å². The first-order chi connectivity index (χ1) is 17.9. The van der Waals surface area contributed by atoms with Crippen LogP contribution in [0.4, 0.5) is 0 Å². The monoisotopic (exact) mass is 649 g/mol. The molecule has 6 rings (SSSR count). The molecule has 0 aromatic heterocycles. The summed E-state index contributed by atoms with van der Waals surface area (Å²) in [6.45, 7) is 0. The Labute approximate surface area is 234 Å². The van der Waals surface area contributed by atoms with Gasteiger partial charge in [-0.1, -0.05) is 0 Å². The average molecular weight is 650 g/mol. The second kappa shape index (κ2) is 13.4. The molecular formula is C36H22Pt-6. The second-order valence-electron chi connectivity index (χ2n) is 8.06. The fourth-order valence-electron chi connectivity index (χ4n) is 3.81. The van der Waals surface area contributed by atoms with Gasteiger partial charge >= 0.3 is 0 Å². The van der Waals surface area contributed by atoms with E-state index in [0.29, 0.717) is 0 Å². The molecule has 6 aromatic carbocycles. The van der Waals surface area contributed by atoms with Crippen LogP contribution < -0.4 is 0 Å². The van der Waals surface area contributed by atoms with Gasteiger partial charge in [-0.25, -0.2) is 56.6 Å². The predicted octanol–water partition coefficient (Wildman–Crippen LogP) is 8.84. The quantitative estimate of drug-likeness (QED) is 0.168. The molecule has 182 valence electrons. The number of rotatable bonds is 4. The van der Waals surface area contributed by atoms with Crippen molar-refractivity contribution in [2.24, 2.45) is 0 Å². The summed E-state index contributed by atoms with van der Waals surface area (Å²) in [6, 6.07) is 63.8. The molecule has 0 saturated heterocycles. The van der Waals surface area contributed by atoms with Gasteiger partial charge in [-0.05, 0) is 0 Å². The maximum Gasteiger partial charge on any atom is 0 e. The summed E-state index contributed by atoms with van der Waals surface area (Å²) in [5.74, 6) is 0. The SMILES string of the molecule is [Pt].[c-]1ccccc1-c1[c-]c(-c2[c-]cccc2)ccc1.[c-]1ccccc1-c1[c-]c(-c2[c-]cccc2)ccc1. The molecule has 0 amide bonds. The van der Waals surface area contributed by atoms with Crippen molar-refractivity contribution in [2.45, 2.75) is 0 Å². The maximum absolute atomic E-state index is 3.41. The third-order valence-electron chi connectivity index (χ3n) is 5.59. The normalized spacial score (nSPS) is 9.95. The summed E-state index contributed by atoms with van der Waals surface area (Å²) < 4.78 is 0. The molecule has 0 unspecified atom stereocenters. The fraction of sp³-hybridized carbons (Fsp3) is 0. The van der Waals surface area contributed by atoms with Crippen LogP contribution in [0.5, 0.6) is 0 Å². The summed E-state index contributed by atoms with van der Waals surface area (Å²) >= 11 is 0. The Bertz CT molecular complexity index is 1260. The standard InChI is InChI=1S/2C18H11.Pt/c2*1-3-8-15(9-4-1)17-12-7-13-18(14-17)16-10-5-2-6-11-16;/h2*1-8,10,12-13H;/q2*-3;. The van der Waals surface area contributed by atoms with Crippen LogP contribution in [0.2, 0.25) is 0 Å². The average Bonchev–Trinajstić information content (AvgIpc) is 2.99. The van der Waals surface area contributed by atoms with E-state index < -0.39 is 0 Å². The van der Waals surface area contributed by atoms with Crippen molar-refractivity contribution in [3.8, 4) is 44.5 Å². The van der Waals surface area contributed by atoms with Gasteiger partial charge in [0, 0.05) is 21.1 Å². The zero-order chi connectivity index (χ0) is 24.4. The predicted molar refractivity (Wildman–Crippen MR) is 148 cm³/mol. The molecule has 0 N–H and O–H groups in total. The first-order valence-corrected chi connectivity index (χ1v) is 11.8. The van der Waals surface area contributed by atoms with Crippen LogP contribution in [0.3, 0.4) is 0 Å². The molecule has 0 nitrogen and oxygen atoms in total. The van der Waals surface area contributed by atoms with E-state index in [-0.39, 0.29) is 21.1 Å². The Morgan fingerprint density at radius 3 is 0.730 bits per heavy atom. The Hall–Kier alpha value is -3.99. The van der Waals surface area contributed by atoms with Crippen LogP contribution in [-0.2, 0) is 21.1 Å². The van der Waals surface area contributed by atoms with Crippen LogP contribution in [0.25, 0.3) is 44.5 Å². The van der Waals surface area contributed by atoms with E-state index in [4.69, 9.17) is 0 Å². The van der Waals surface area contributed by atoms with Crippen LogP contribution in [-0.4, -0.2) is 0 Å². The number of hydrogen-bond acceptors (Lipinski definition) is 0. The molecule has 0 aliphatic heterocycles. The van der Waals surface area contributed by atoms with Gasteiger partial charge in [0.05, 0.1) is 0 Å². The second-order valence-corrected chi connectivity index (χ2v) is 8.06. The third kappa shape index (κ3) is 7.04. The van der Waals surface area contributed by atoms with Crippen molar-refractivity contribution in [1.82, 2.24) is 0 Å². The molecule has 0 radical (unpaired) electrons. The first-order valence-electron chi connectivity index (χ1n) is 11.8. The van der Waals surface area contributed by atoms with Gasteiger partial charge in [0.15, 0.2) is 0 Å². The van der Waals surface area contributed by atoms with E-state index in [9.17, 15) is 0 Å². The van der Waals surface area contributed by atoms with Crippen molar-refractivity contribution in [3.63, 3.8) is 0 Å². The first kappa shape index (κ1) is 26.1. The molecule has 0 aliphatic rings. The van der Waals surface area contributed by atoms with Crippen LogP contribution in [0, 0.1) is 36.4 Å². The number of benzene rings is 6. The molecule has 0 aliphatic carbocycles. The number of hydrogen-bond donors (Lipinski definition) is 0. The summed E-state index contributed by atoms with van der Waals surface area (Å²) in [7, 11) is 0. The molecule has 6 aromatic rings. The Morgan fingerprint density at radius 1 is 0.270 bits per heavy atom. The fourth-order valence-corrected chi connectivity index (χ4v) is 3.81. The summed E-state index contributed by atoms with van der Waals surface area (Å²) in [5.41, 5.74) is 8.50. The Morgan fingerprint density at radius 2 is 0.514 bits per heavy atom. The van der Waals surface area contributed by atoms with Gasteiger partial charge in [0.2, 0.25) is 0 Å². The van der Waals surface area contributed by atoms with Gasteiger partial charge in [-0.15, -0.1) is 36.4 Å². The molecule has 0 spiro atoms. The third-order valence-corrected chi connectivity index (χ3v) is 5.59. The van der Waals surface area contributed by atoms with Gasteiger partial charge in [0.1, 0.15) is 0 Å². The zero-order valence-corrected chi connectivity index (χ0v) is 22.3. The van der Waals surface area contributed by atoms with E-state index in [2.05, 4.69) is 60.7 Å². The largest absolute Gasteiger partial charge is 0.219 e. The van der Waals surface area contributed by atoms with Gasteiger partial charge in [0.25, 0.3) is 0 Å². The molecule has 0 heterocycles. The Balaban J connectivity index is 0.000000168.